The molecule has 0 aromatic heterocycles. The quantitative estimate of drug-likeness (QED) is 0.186. The average Bonchev–Trinajstić information content (AvgIpc) is 2.65. The van der Waals surface area contributed by atoms with Gasteiger partial charge in [0.25, 0.3) is 0 Å². The third-order valence-electron chi connectivity index (χ3n) is 5.29. The Kier molecular flexibility index (Phi) is 20.3. The minimum atomic E-state index is -0.108. The standard InChI is InChI=1S/C23H46O3/c1-3-4-5-6-7-8-9-10-11-13-16-19-22(24)20-17-14-12-15-18-21-23(25)26-2/h22,24H,3-21H2,1-2H3. The molecule has 0 radical (unpaired) electrons. The number of ether oxygens (including phenoxy) is 1. The van der Waals surface area contributed by atoms with Crippen LogP contribution in [0.25, 0.3) is 0 Å². The Balaban J connectivity index is 3.17. The van der Waals surface area contributed by atoms with Gasteiger partial charge in [-0.05, 0) is 19.3 Å². The van der Waals surface area contributed by atoms with E-state index in [1.165, 1.54) is 77.7 Å². The Bertz CT molecular complexity index is 291. The van der Waals surface area contributed by atoms with Crippen LogP contribution in [0, 0.1) is 0 Å². The zero-order chi connectivity index (χ0) is 19.3. The molecule has 0 fully saturated rings. The van der Waals surface area contributed by atoms with Crippen LogP contribution in [0.2, 0.25) is 0 Å². The van der Waals surface area contributed by atoms with Crippen LogP contribution in [0.4, 0.5) is 0 Å². The minimum absolute atomic E-state index is 0.104. The third kappa shape index (κ3) is 19.8. The van der Waals surface area contributed by atoms with Crippen LogP contribution >= 0.6 is 0 Å². The molecule has 0 aromatic carbocycles. The molecule has 1 N–H and O–H groups in total. The molecule has 1 unspecified atom stereocenters. The molecule has 0 aliphatic heterocycles. The van der Waals surface area contributed by atoms with Crippen molar-refractivity contribution in [2.75, 3.05) is 7.11 Å². The summed E-state index contributed by atoms with van der Waals surface area (Å²) in [5, 5.41) is 10.0. The molecule has 3 nitrogen and oxygen atoms in total. The van der Waals surface area contributed by atoms with Crippen LogP contribution in [-0.2, 0) is 9.53 Å². The first kappa shape index (κ1) is 25.4. The van der Waals surface area contributed by atoms with Gasteiger partial charge in [0.15, 0.2) is 0 Å². The maximum Gasteiger partial charge on any atom is 0.305 e. The van der Waals surface area contributed by atoms with Gasteiger partial charge in [0.05, 0.1) is 13.2 Å². The Morgan fingerprint density at radius 3 is 1.50 bits per heavy atom. The van der Waals surface area contributed by atoms with Gasteiger partial charge in [0, 0.05) is 6.42 Å². The van der Waals surface area contributed by atoms with E-state index in [2.05, 4.69) is 11.7 Å². The number of aliphatic hydroxyl groups is 1. The van der Waals surface area contributed by atoms with E-state index in [-0.39, 0.29) is 12.1 Å². The predicted octanol–water partition coefficient (Wildman–Crippen LogP) is 6.95. The van der Waals surface area contributed by atoms with Gasteiger partial charge in [0.1, 0.15) is 0 Å². The van der Waals surface area contributed by atoms with Gasteiger partial charge >= 0.3 is 5.97 Å². The second-order valence-electron chi connectivity index (χ2n) is 7.86. The highest BCUT2D eigenvalue weighted by atomic mass is 16.5. The summed E-state index contributed by atoms with van der Waals surface area (Å²) in [6, 6.07) is 0. The molecule has 0 amide bonds. The third-order valence-corrected chi connectivity index (χ3v) is 5.29. The first-order valence-electron chi connectivity index (χ1n) is 11.5. The van der Waals surface area contributed by atoms with E-state index in [9.17, 15) is 9.90 Å². The molecule has 0 heterocycles. The lowest BCUT2D eigenvalue weighted by Gasteiger charge is -2.10. The van der Waals surface area contributed by atoms with Gasteiger partial charge in [-0.15, -0.1) is 0 Å². The van der Waals surface area contributed by atoms with Gasteiger partial charge in [-0.25, -0.2) is 0 Å². The molecule has 26 heavy (non-hydrogen) atoms. The van der Waals surface area contributed by atoms with Gasteiger partial charge < -0.3 is 9.84 Å². The molecule has 0 spiro atoms. The predicted molar refractivity (Wildman–Crippen MR) is 111 cm³/mol. The van der Waals surface area contributed by atoms with Crippen LogP contribution < -0.4 is 0 Å². The SMILES string of the molecule is CCCCCCCCCCCCCC(O)CCCCCCCC(=O)OC. The van der Waals surface area contributed by atoms with Crippen LogP contribution in [0.15, 0.2) is 0 Å². The fourth-order valence-corrected chi connectivity index (χ4v) is 3.47. The number of carbonyl (C=O) groups excluding carboxylic acids is 1. The molecule has 0 aliphatic carbocycles. The Labute approximate surface area is 163 Å². The summed E-state index contributed by atoms with van der Waals surface area (Å²) in [7, 11) is 1.44. The molecule has 0 saturated carbocycles. The summed E-state index contributed by atoms with van der Waals surface area (Å²) < 4.78 is 4.63. The molecule has 156 valence electrons. The molecule has 0 aromatic rings. The lowest BCUT2D eigenvalue weighted by Crippen LogP contribution is -2.06. The summed E-state index contributed by atoms with van der Waals surface area (Å²) in [5.74, 6) is -0.104. The van der Waals surface area contributed by atoms with E-state index in [1.807, 2.05) is 0 Å². The molecule has 3 heteroatoms. The number of esters is 1. The van der Waals surface area contributed by atoms with Gasteiger partial charge in [-0.3, -0.25) is 4.79 Å². The number of unbranched alkanes of at least 4 members (excludes halogenated alkanes) is 14. The molecule has 1 atom stereocenters. The fraction of sp³-hybridized carbons (Fsp3) is 0.957. The van der Waals surface area contributed by atoms with E-state index in [0.717, 1.165) is 44.9 Å². The lowest BCUT2D eigenvalue weighted by molar-refractivity contribution is -0.140. The van der Waals surface area contributed by atoms with Crippen molar-refractivity contribution in [2.24, 2.45) is 0 Å². The maximum atomic E-state index is 11.0. The minimum Gasteiger partial charge on any atom is -0.469 e. The summed E-state index contributed by atoms with van der Waals surface area (Å²) in [4.78, 5) is 11.0. The van der Waals surface area contributed by atoms with Gasteiger partial charge in [0.2, 0.25) is 0 Å². The van der Waals surface area contributed by atoms with Crippen molar-refractivity contribution < 1.29 is 14.6 Å². The van der Waals surface area contributed by atoms with Crippen LogP contribution in [0.5, 0.6) is 0 Å². The van der Waals surface area contributed by atoms with Crippen molar-refractivity contribution in [2.45, 2.75) is 135 Å². The average molecular weight is 371 g/mol. The van der Waals surface area contributed by atoms with Crippen molar-refractivity contribution in [3.05, 3.63) is 0 Å². The topological polar surface area (TPSA) is 46.5 Å². The van der Waals surface area contributed by atoms with Gasteiger partial charge in [-0.2, -0.15) is 0 Å². The summed E-state index contributed by atoms with van der Waals surface area (Å²) >= 11 is 0. The number of rotatable bonds is 20. The smallest absolute Gasteiger partial charge is 0.305 e. The zero-order valence-electron chi connectivity index (χ0n) is 17.8. The van der Waals surface area contributed by atoms with Crippen molar-refractivity contribution in [3.8, 4) is 0 Å². The normalized spacial score (nSPS) is 12.3. The van der Waals surface area contributed by atoms with Crippen LogP contribution in [0.1, 0.15) is 129 Å². The molecule has 0 bridgehead atoms. The summed E-state index contributed by atoms with van der Waals surface area (Å²) in [6.07, 6.45) is 22.7. The first-order valence-corrected chi connectivity index (χ1v) is 11.5. The van der Waals surface area contributed by atoms with Crippen molar-refractivity contribution in [1.82, 2.24) is 0 Å². The van der Waals surface area contributed by atoms with E-state index in [0.29, 0.717) is 6.42 Å². The number of hydrogen-bond acceptors (Lipinski definition) is 3. The maximum absolute atomic E-state index is 11.0. The van der Waals surface area contributed by atoms with E-state index >= 15 is 0 Å². The highest BCUT2D eigenvalue weighted by Gasteiger charge is 2.04. The Hall–Kier alpha value is -0.570. The second-order valence-corrected chi connectivity index (χ2v) is 7.86. The molecule has 0 aliphatic rings. The Morgan fingerprint density at radius 1 is 0.692 bits per heavy atom. The van der Waals surface area contributed by atoms with E-state index in [1.54, 1.807) is 0 Å². The van der Waals surface area contributed by atoms with Gasteiger partial charge in [-0.1, -0.05) is 103 Å². The van der Waals surface area contributed by atoms with Crippen LogP contribution in [0.3, 0.4) is 0 Å². The monoisotopic (exact) mass is 370 g/mol. The highest BCUT2D eigenvalue weighted by molar-refractivity contribution is 5.68. The van der Waals surface area contributed by atoms with Crippen molar-refractivity contribution in [1.29, 1.82) is 0 Å². The number of carbonyl (C=O) groups is 1. The Morgan fingerprint density at radius 2 is 1.08 bits per heavy atom. The van der Waals surface area contributed by atoms with Crippen molar-refractivity contribution in [3.63, 3.8) is 0 Å². The van der Waals surface area contributed by atoms with Crippen molar-refractivity contribution >= 4 is 5.97 Å². The summed E-state index contributed by atoms with van der Waals surface area (Å²) in [6.45, 7) is 2.27. The lowest BCUT2D eigenvalue weighted by atomic mass is 10.0. The molecule has 0 rings (SSSR count). The number of hydrogen-bond donors (Lipinski definition) is 1. The van der Waals surface area contributed by atoms with E-state index in [4.69, 9.17) is 0 Å². The largest absolute Gasteiger partial charge is 0.469 e. The zero-order valence-corrected chi connectivity index (χ0v) is 17.8. The molecular formula is C23H46O3. The summed E-state index contributed by atoms with van der Waals surface area (Å²) in [5.41, 5.74) is 0. The van der Waals surface area contributed by atoms with Crippen LogP contribution in [-0.4, -0.2) is 24.3 Å². The molecule has 0 saturated heterocycles. The van der Waals surface area contributed by atoms with E-state index < -0.39 is 0 Å². The number of aliphatic hydroxyl groups excluding tert-OH is 1. The number of methoxy groups -OCH3 is 1. The molecular weight excluding hydrogens is 324 g/mol. The second kappa shape index (κ2) is 20.7. The fourth-order valence-electron chi connectivity index (χ4n) is 3.47. The highest BCUT2D eigenvalue weighted by Crippen LogP contribution is 2.15. The first-order chi connectivity index (χ1) is 12.7.